The van der Waals surface area contributed by atoms with Gasteiger partial charge in [-0.05, 0) is 23.8 Å². The molecule has 0 bridgehead atoms. The van der Waals surface area contributed by atoms with Crippen molar-refractivity contribution in [3.63, 3.8) is 0 Å². The minimum absolute atomic E-state index is 0.0659. The first-order valence-electron chi connectivity index (χ1n) is 8.35. The van der Waals surface area contributed by atoms with Crippen molar-refractivity contribution in [2.75, 3.05) is 22.3 Å². The van der Waals surface area contributed by atoms with Gasteiger partial charge in [-0.25, -0.2) is 10.1 Å². The Kier molecular flexibility index (Phi) is 6.98. The lowest BCUT2D eigenvalue weighted by atomic mass is 10.2. The molecule has 154 valence electrons. The van der Waals surface area contributed by atoms with Crippen LogP contribution in [-0.2, 0) is 4.79 Å². The Morgan fingerprint density at radius 3 is 2.73 bits per heavy atom. The zero-order valence-electron chi connectivity index (χ0n) is 15.2. The van der Waals surface area contributed by atoms with E-state index in [2.05, 4.69) is 42.0 Å². The first-order valence-corrected chi connectivity index (χ1v) is 10.1. The van der Waals surface area contributed by atoms with Crippen LogP contribution in [0.1, 0.15) is 5.56 Å². The van der Waals surface area contributed by atoms with Gasteiger partial charge in [-0.3, -0.25) is 14.9 Å². The molecule has 13 heteroatoms. The minimum atomic E-state index is -0.563. The first-order chi connectivity index (χ1) is 14.4. The van der Waals surface area contributed by atoms with Gasteiger partial charge in [-0.1, -0.05) is 52.0 Å². The van der Waals surface area contributed by atoms with Crippen molar-refractivity contribution in [1.29, 1.82) is 0 Å². The van der Waals surface area contributed by atoms with Crippen LogP contribution in [0.15, 0.2) is 63.3 Å². The first kappa shape index (κ1) is 21.3. The molecule has 1 aromatic heterocycles. The molecule has 4 N–H and O–H groups in total. The van der Waals surface area contributed by atoms with Gasteiger partial charge in [-0.15, -0.1) is 10.2 Å². The molecule has 0 aliphatic carbocycles. The van der Waals surface area contributed by atoms with E-state index in [1.54, 1.807) is 12.3 Å². The van der Waals surface area contributed by atoms with Crippen LogP contribution in [0.4, 0.5) is 17.3 Å². The Morgan fingerprint density at radius 1 is 1.27 bits per heavy atom. The number of nitrogens with zero attached hydrogens (tertiary/aromatic N) is 5. The summed E-state index contributed by atoms with van der Waals surface area (Å²) in [6.45, 7) is 0. The second-order valence-electron chi connectivity index (χ2n) is 5.71. The average Bonchev–Trinajstić information content (AvgIpc) is 3.08. The van der Waals surface area contributed by atoms with Crippen molar-refractivity contribution in [2.24, 2.45) is 5.10 Å². The lowest BCUT2D eigenvalue weighted by molar-refractivity contribution is -0.383. The van der Waals surface area contributed by atoms with Gasteiger partial charge in [0.2, 0.25) is 11.1 Å². The number of nitrogen functional groups attached to an aromatic ring is 1. The van der Waals surface area contributed by atoms with E-state index in [0.29, 0.717) is 0 Å². The zero-order chi connectivity index (χ0) is 21.5. The third-order valence-corrected chi connectivity index (χ3v) is 5.09. The molecule has 0 aliphatic heterocycles. The van der Waals surface area contributed by atoms with E-state index in [1.165, 1.54) is 18.2 Å². The van der Waals surface area contributed by atoms with Crippen molar-refractivity contribution in [1.82, 2.24) is 14.9 Å². The van der Waals surface area contributed by atoms with Crippen molar-refractivity contribution < 1.29 is 9.72 Å². The van der Waals surface area contributed by atoms with Gasteiger partial charge >= 0.3 is 0 Å². The topological polar surface area (TPSA) is 153 Å². The van der Waals surface area contributed by atoms with E-state index in [9.17, 15) is 14.9 Å². The molecule has 2 aromatic carbocycles. The third-order valence-electron chi connectivity index (χ3n) is 3.62. The third kappa shape index (κ3) is 5.55. The highest BCUT2D eigenvalue weighted by Crippen LogP contribution is 2.24. The standard InChI is InChI=1S/C17H15BrN8O3S/c18-12-7-5-11(6-8-12)9-20-22-16-23-24-17(25(16)19)30-10-15(27)21-13-3-1-2-4-14(13)26(28)29/h1-9H,10,19H2,(H,21,27)(H,22,23)/b20-9+. The summed E-state index contributed by atoms with van der Waals surface area (Å²) in [5.41, 5.74) is 3.48. The van der Waals surface area contributed by atoms with Crippen LogP contribution < -0.4 is 16.6 Å². The Morgan fingerprint density at radius 2 is 2.00 bits per heavy atom. The van der Waals surface area contributed by atoms with Crippen LogP contribution in [0.2, 0.25) is 0 Å². The Balaban J connectivity index is 1.55. The number of anilines is 2. The van der Waals surface area contributed by atoms with Gasteiger partial charge in [-0.2, -0.15) is 5.10 Å². The molecule has 0 saturated heterocycles. The Hall–Kier alpha value is -3.45. The highest BCUT2D eigenvalue weighted by Gasteiger charge is 2.16. The number of benzene rings is 2. The minimum Gasteiger partial charge on any atom is -0.334 e. The maximum absolute atomic E-state index is 12.1. The number of halogens is 1. The molecule has 1 heterocycles. The number of rotatable bonds is 8. The van der Waals surface area contributed by atoms with E-state index in [-0.39, 0.29) is 28.2 Å². The largest absolute Gasteiger partial charge is 0.334 e. The lowest BCUT2D eigenvalue weighted by Crippen LogP contribution is -2.17. The SMILES string of the molecule is Nn1c(N/N=C/c2ccc(Br)cc2)nnc1SCC(=O)Nc1ccccc1[N+](=O)[O-]. The van der Waals surface area contributed by atoms with Gasteiger partial charge in [0.15, 0.2) is 0 Å². The monoisotopic (exact) mass is 490 g/mol. The molecule has 0 spiro atoms. The number of hydrazone groups is 1. The molecule has 3 aromatic rings. The average molecular weight is 491 g/mol. The predicted octanol–water partition coefficient (Wildman–Crippen LogP) is 2.84. The number of nitrogens with two attached hydrogens (primary N) is 1. The number of nitro groups is 1. The predicted molar refractivity (Wildman–Crippen MR) is 118 cm³/mol. The molecule has 1 amide bonds. The molecule has 0 fully saturated rings. The zero-order valence-corrected chi connectivity index (χ0v) is 17.6. The molecule has 3 rings (SSSR count). The highest BCUT2D eigenvalue weighted by atomic mass is 79.9. The Labute approximate surface area is 183 Å². The van der Waals surface area contributed by atoms with Gasteiger partial charge in [0.1, 0.15) is 5.69 Å². The number of nitro benzene ring substituents is 1. The molecule has 0 atom stereocenters. The van der Waals surface area contributed by atoms with Crippen molar-refractivity contribution in [2.45, 2.75) is 5.16 Å². The van der Waals surface area contributed by atoms with Crippen LogP contribution in [-0.4, -0.2) is 37.7 Å². The lowest BCUT2D eigenvalue weighted by Gasteiger charge is -2.05. The summed E-state index contributed by atoms with van der Waals surface area (Å²) in [5.74, 6) is 5.59. The summed E-state index contributed by atoms with van der Waals surface area (Å²) in [4.78, 5) is 22.6. The summed E-state index contributed by atoms with van der Waals surface area (Å²) < 4.78 is 2.11. The van der Waals surface area contributed by atoms with Gasteiger partial charge in [0.25, 0.3) is 11.6 Å². The molecule has 0 unspecified atom stereocenters. The molecule has 11 nitrogen and oxygen atoms in total. The molecular formula is C17H15BrN8O3S. The Bertz CT molecular complexity index is 1090. The number of nitrogens with one attached hydrogen (secondary N) is 2. The van der Waals surface area contributed by atoms with E-state index in [4.69, 9.17) is 5.84 Å². The molecule has 0 saturated carbocycles. The highest BCUT2D eigenvalue weighted by molar-refractivity contribution is 9.10. The molecule has 30 heavy (non-hydrogen) atoms. The van der Waals surface area contributed by atoms with Crippen molar-refractivity contribution in [3.8, 4) is 0 Å². The number of hydrogen-bond acceptors (Lipinski definition) is 9. The second-order valence-corrected chi connectivity index (χ2v) is 7.57. The number of aromatic nitrogens is 3. The molecule has 0 radical (unpaired) electrons. The van der Waals surface area contributed by atoms with Gasteiger partial charge in [0, 0.05) is 10.5 Å². The van der Waals surface area contributed by atoms with Gasteiger partial charge in [0.05, 0.1) is 16.9 Å². The second kappa shape index (κ2) is 9.84. The van der Waals surface area contributed by atoms with E-state index in [1.807, 2.05) is 24.3 Å². The van der Waals surface area contributed by atoms with E-state index >= 15 is 0 Å². The van der Waals surface area contributed by atoms with Gasteiger partial charge < -0.3 is 11.2 Å². The molecule has 0 aliphatic rings. The summed E-state index contributed by atoms with van der Waals surface area (Å²) in [5, 5.41) is 25.6. The normalized spacial score (nSPS) is 10.8. The number of thioether (sulfide) groups is 1. The van der Waals surface area contributed by atoms with Crippen LogP contribution >= 0.6 is 27.7 Å². The van der Waals surface area contributed by atoms with Crippen molar-refractivity contribution in [3.05, 3.63) is 68.7 Å². The fourth-order valence-corrected chi connectivity index (χ4v) is 3.14. The summed E-state index contributed by atoms with van der Waals surface area (Å²) in [6, 6.07) is 13.4. The maximum atomic E-state index is 12.1. The van der Waals surface area contributed by atoms with Crippen LogP contribution in [0.25, 0.3) is 0 Å². The summed E-state index contributed by atoms with van der Waals surface area (Å²) in [7, 11) is 0. The quantitative estimate of drug-likeness (QED) is 0.143. The number of para-hydroxylation sites is 2. The number of hydrogen-bond donors (Lipinski definition) is 3. The van der Waals surface area contributed by atoms with Crippen molar-refractivity contribution >= 4 is 57.1 Å². The van der Waals surface area contributed by atoms with E-state index < -0.39 is 10.8 Å². The van der Waals surface area contributed by atoms with Crippen LogP contribution in [0.5, 0.6) is 0 Å². The number of carbonyl (C=O) groups excluding carboxylic acids is 1. The fraction of sp³-hybridized carbons (Fsp3) is 0.0588. The summed E-state index contributed by atoms with van der Waals surface area (Å²) >= 11 is 4.38. The fourth-order valence-electron chi connectivity index (χ4n) is 2.22. The van der Waals surface area contributed by atoms with Crippen LogP contribution in [0, 0.1) is 10.1 Å². The molecular weight excluding hydrogens is 476 g/mol. The number of carbonyl (C=O) groups is 1. The van der Waals surface area contributed by atoms with Crippen LogP contribution in [0.3, 0.4) is 0 Å². The summed E-state index contributed by atoms with van der Waals surface area (Å²) in [6.07, 6.45) is 1.59. The van der Waals surface area contributed by atoms with E-state index in [0.717, 1.165) is 26.5 Å². The maximum Gasteiger partial charge on any atom is 0.292 e. The number of amides is 1. The smallest absolute Gasteiger partial charge is 0.292 e.